The quantitative estimate of drug-likeness (QED) is 0.339. The molecule has 0 unspecified atom stereocenters. The van der Waals surface area contributed by atoms with E-state index >= 15 is 0 Å². The van der Waals surface area contributed by atoms with Crippen molar-refractivity contribution in [2.24, 2.45) is 0 Å². The monoisotopic (exact) mass is 515 g/mol. The van der Waals surface area contributed by atoms with Crippen LogP contribution in [0.15, 0.2) is 72.8 Å². The first-order valence-electron chi connectivity index (χ1n) is 8.77. The van der Waals surface area contributed by atoms with Gasteiger partial charge in [0.25, 0.3) is 11.8 Å². The van der Waals surface area contributed by atoms with Crippen LogP contribution in [0.3, 0.4) is 0 Å². The second-order valence-electron chi connectivity index (χ2n) is 6.27. The average molecular weight is 515 g/mol. The molecule has 0 saturated carbocycles. The summed E-state index contributed by atoms with van der Waals surface area (Å²) in [5.74, 6) is -0.485. The largest absolute Gasteiger partial charge is 0.332 e. The first kappa shape index (κ1) is 20.9. The lowest BCUT2D eigenvalue weighted by Crippen LogP contribution is -2.34. The van der Waals surface area contributed by atoms with E-state index in [-0.39, 0.29) is 16.9 Å². The van der Waals surface area contributed by atoms with Crippen LogP contribution >= 0.6 is 34.8 Å². The highest BCUT2D eigenvalue weighted by Gasteiger charge is 2.10. The van der Waals surface area contributed by atoms with Gasteiger partial charge < -0.3 is 10.6 Å². The van der Waals surface area contributed by atoms with Crippen LogP contribution in [-0.2, 0) is 0 Å². The summed E-state index contributed by atoms with van der Waals surface area (Å²) in [6.07, 6.45) is 0. The summed E-state index contributed by atoms with van der Waals surface area (Å²) in [5, 5.41) is 8.65. The Balaban J connectivity index is 1.62. The predicted molar refractivity (Wildman–Crippen MR) is 128 cm³/mol. The van der Waals surface area contributed by atoms with Crippen LogP contribution < -0.4 is 16.0 Å². The molecule has 0 bridgehead atoms. The minimum Gasteiger partial charge on any atom is -0.332 e. The van der Waals surface area contributed by atoms with Gasteiger partial charge in [-0.15, -0.1) is 0 Å². The summed E-state index contributed by atoms with van der Waals surface area (Å²) in [6, 6.07) is 21.5. The van der Waals surface area contributed by atoms with Gasteiger partial charge in [0.15, 0.2) is 5.11 Å². The van der Waals surface area contributed by atoms with E-state index in [0.717, 1.165) is 9.13 Å². The summed E-state index contributed by atoms with van der Waals surface area (Å²) in [4.78, 5) is 24.7. The highest BCUT2D eigenvalue weighted by molar-refractivity contribution is 14.1. The van der Waals surface area contributed by atoms with Crippen LogP contribution in [0.5, 0.6) is 0 Å². The van der Waals surface area contributed by atoms with Crippen LogP contribution in [-0.4, -0.2) is 16.9 Å². The van der Waals surface area contributed by atoms with E-state index in [1.165, 1.54) is 0 Å². The lowest BCUT2D eigenvalue weighted by molar-refractivity contribution is 0.0976. The fraction of sp³-hybridized carbons (Fsp3) is 0.0455. The SMILES string of the molecule is Cc1ccc(C(=O)NC(=S)Nc2cccc(NC(=O)c3ccccc3)c2)cc1I. The zero-order valence-corrected chi connectivity index (χ0v) is 18.5. The Morgan fingerprint density at radius 3 is 2.17 bits per heavy atom. The number of anilines is 2. The minimum atomic E-state index is -0.283. The minimum absolute atomic E-state index is 0.178. The number of amides is 2. The Bertz CT molecular complexity index is 1070. The van der Waals surface area contributed by atoms with Gasteiger partial charge in [-0.1, -0.05) is 30.3 Å². The van der Waals surface area contributed by atoms with Crippen molar-refractivity contribution in [3.63, 3.8) is 0 Å². The van der Waals surface area contributed by atoms with Crippen molar-refractivity contribution in [2.45, 2.75) is 6.92 Å². The molecule has 29 heavy (non-hydrogen) atoms. The fourth-order valence-electron chi connectivity index (χ4n) is 2.54. The van der Waals surface area contributed by atoms with Gasteiger partial charge in [-0.05, 0) is 89.8 Å². The number of nitrogens with one attached hydrogen (secondary N) is 3. The van der Waals surface area contributed by atoms with Gasteiger partial charge in [0.1, 0.15) is 0 Å². The molecular weight excluding hydrogens is 497 g/mol. The molecule has 0 aromatic heterocycles. The number of hydrogen-bond donors (Lipinski definition) is 3. The number of halogens is 1. The van der Waals surface area contributed by atoms with Crippen LogP contribution in [0.25, 0.3) is 0 Å². The Hall–Kier alpha value is -2.78. The summed E-state index contributed by atoms with van der Waals surface area (Å²) in [5.41, 5.74) is 3.48. The zero-order valence-electron chi connectivity index (χ0n) is 15.5. The normalized spacial score (nSPS) is 10.1. The summed E-state index contributed by atoms with van der Waals surface area (Å²) >= 11 is 7.44. The van der Waals surface area contributed by atoms with Crippen molar-refractivity contribution in [1.29, 1.82) is 0 Å². The lowest BCUT2D eigenvalue weighted by atomic mass is 10.1. The van der Waals surface area contributed by atoms with Crippen molar-refractivity contribution >= 4 is 63.1 Å². The van der Waals surface area contributed by atoms with Crippen LogP contribution in [0.2, 0.25) is 0 Å². The number of aryl methyl sites for hydroxylation is 1. The number of benzene rings is 3. The topological polar surface area (TPSA) is 70.2 Å². The molecule has 0 atom stereocenters. The molecule has 0 aliphatic heterocycles. The molecule has 3 N–H and O–H groups in total. The molecule has 0 heterocycles. The third-order valence-electron chi connectivity index (χ3n) is 4.08. The molecular formula is C22H18IN3O2S. The van der Waals surface area contributed by atoms with Gasteiger partial charge in [-0.25, -0.2) is 0 Å². The molecule has 2 amide bonds. The summed E-state index contributed by atoms with van der Waals surface area (Å²) < 4.78 is 1.01. The highest BCUT2D eigenvalue weighted by atomic mass is 127. The van der Waals surface area contributed by atoms with E-state index in [2.05, 4.69) is 38.5 Å². The van der Waals surface area contributed by atoms with Crippen molar-refractivity contribution in [2.75, 3.05) is 10.6 Å². The third-order valence-corrected chi connectivity index (χ3v) is 5.44. The second kappa shape index (κ2) is 9.62. The van der Waals surface area contributed by atoms with Gasteiger partial charge in [-0.2, -0.15) is 0 Å². The van der Waals surface area contributed by atoms with Gasteiger partial charge in [0.2, 0.25) is 0 Å². The standard InChI is InChI=1S/C22H18IN3O2S/c1-14-10-11-16(12-19(14)23)21(28)26-22(29)25-18-9-5-8-17(13-18)24-20(27)15-6-3-2-4-7-15/h2-13H,1H3,(H,24,27)(H2,25,26,28,29). The van der Waals surface area contributed by atoms with E-state index in [1.54, 1.807) is 42.5 Å². The third kappa shape index (κ3) is 5.85. The molecule has 146 valence electrons. The molecule has 0 fully saturated rings. The smallest absolute Gasteiger partial charge is 0.257 e. The number of carbonyl (C=O) groups is 2. The molecule has 0 saturated heterocycles. The fourth-order valence-corrected chi connectivity index (χ4v) is 3.27. The first-order chi connectivity index (χ1) is 13.9. The van der Waals surface area contributed by atoms with E-state index in [1.807, 2.05) is 37.3 Å². The van der Waals surface area contributed by atoms with Crippen LogP contribution in [0, 0.1) is 10.5 Å². The van der Waals surface area contributed by atoms with E-state index < -0.39 is 0 Å². The number of carbonyl (C=O) groups excluding carboxylic acids is 2. The number of thiocarbonyl (C=S) groups is 1. The molecule has 5 nitrogen and oxygen atoms in total. The maximum Gasteiger partial charge on any atom is 0.257 e. The maximum atomic E-state index is 12.4. The van der Waals surface area contributed by atoms with Gasteiger partial charge in [-0.3, -0.25) is 14.9 Å². The van der Waals surface area contributed by atoms with Crippen molar-refractivity contribution in [3.05, 3.63) is 93.1 Å². The molecule has 3 aromatic carbocycles. The number of hydrogen-bond acceptors (Lipinski definition) is 3. The molecule has 3 rings (SSSR count). The van der Waals surface area contributed by atoms with E-state index in [0.29, 0.717) is 22.5 Å². The highest BCUT2D eigenvalue weighted by Crippen LogP contribution is 2.17. The van der Waals surface area contributed by atoms with E-state index in [4.69, 9.17) is 12.2 Å². The molecule has 3 aromatic rings. The molecule has 0 aliphatic rings. The van der Waals surface area contributed by atoms with Gasteiger partial charge in [0.05, 0.1) is 0 Å². The van der Waals surface area contributed by atoms with Crippen molar-refractivity contribution in [1.82, 2.24) is 5.32 Å². The Kier molecular flexibility index (Phi) is 6.95. The Labute approximate surface area is 188 Å². The van der Waals surface area contributed by atoms with Crippen LogP contribution in [0.4, 0.5) is 11.4 Å². The first-order valence-corrected chi connectivity index (χ1v) is 10.3. The molecule has 0 spiro atoms. The van der Waals surface area contributed by atoms with Crippen LogP contribution in [0.1, 0.15) is 26.3 Å². The molecule has 0 radical (unpaired) electrons. The number of rotatable bonds is 4. The molecule has 0 aliphatic carbocycles. The zero-order chi connectivity index (χ0) is 20.8. The van der Waals surface area contributed by atoms with Crippen molar-refractivity contribution < 1.29 is 9.59 Å². The summed E-state index contributed by atoms with van der Waals surface area (Å²) in [6.45, 7) is 1.99. The van der Waals surface area contributed by atoms with E-state index in [9.17, 15) is 9.59 Å². The average Bonchev–Trinajstić information content (AvgIpc) is 2.70. The van der Waals surface area contributed by atoms with Crippen molar-refractivity contribution in [3.8, 4) is 0 Å². The molecule has 7 heteroatoms. The summed E-state index contributed by atoms with van der Waals surface area (Å²) in [7, 11) is 0. The maximum absolute atomic E-state index is 12.4. The Morgan fingerprint density at radius 1 is 0.793 bits per heavy atom. The Morgan fingerprint density at radius 2 is 1.48 bits per heavy atom. The second-order valence-corrected chi connectivity index (χ2v) is 7.84. The van der Waals surface area contributed by atoms with Gasteiger partial charge in [0, 0.05) is 26.1 Å². The van der Waals surface area contributed by atoms with Gasteiger partial charge >= 0.3 is 0 Å². The predicted octanol–water partition coefficient (Wildman–Crippen LogP) is 4.98. The lowest BCUT2D eigenvalue weighted by Gasteiger charge is -2.12.